The summed E-state index contributed by atoms with van der Waals surface area (Å²) in [6, 6.07) is 22.0. The van der Waals surface area contributed by atoms with Gasteiger partial charge in [0.15, 0.2) is 0 Å². The third-order valence-electron chi connectivity index (χ3n) is 7.93. The molecule has 3 N–H and O–H groups in total. The van der Waals surface area contributed by atoms with Crippen LogP contribution < -0.4 is 15.4 Å². The fourth-order valence-electron chi connectivity index (χ4n) is 5.56. The van der Waals surface area contributed by atoms with E-state index in [-0.39, 0.29) is 18.5 Å². The maximum atomic E-state index is 14.7. The summed E-state index contributed by atoms with van der Waals surface area (Å²) in [6.45, 7) is 10.2. The molecule has 1 amide bonds. The molecule has 0 heterocycles. The first-order chi connectivity index (χ1) is 20.9. The molecule has 0 aliphatic heterocycles. The first-order valence-corrected chi connectivity index (χ1v) is 15.6. The van der Waals surface area contributed by atoms with E-state index in [1.165, 1.54) is 23.3 Å². The Labute approximate surface area is 261 Å². The lowest BCUT2D eigenvalue weighted by molar-refractivity contribution is 0.0411. The molecule has 0 spiro atoms. The second-order valence-electron chi connectivity index (χ2n) is 13.1. The lowest BCUT2D eigenvalue weighted by Gasteiger charge is -2.39. The molecule has 0 aromatic heterocycles. The normalized spacial score (nSPS) is 18.1. The number of aliphatic hydroxyl groups excluding tert-OH is 1. The van der Waals surface area contributed by atoms with E-state index in [2.05, 4.69) is 60.9 Å². The molecule has 1 aliphatic carbocycles. The zero-order valence-electron chi connectivity index (χ0n) is 26.6. The van der Waals surface area contributed by atoms with Gasteiger partial charge in [0.1, 0.15) is 23.8 Å². The number of benzene rings is 3. The van der Waals surface area contributed by atoms with Crippen LogP contribution in [0.5, 0.6) is 5.75 Å². The Balaban J connectivity index is 1.54. The summed E-state index contributed by atoms with van der Waals surface area (Å²) >= 11 is 0. The Morgan fingerprint density at radius 2 is 1.77 bits per heavy atom. The summed E-state index contributed by atoms with van der Waals surface area (Å²) in [5, 5.41) is 18.1. The Morgan fingerprint density at radius 3 is 2.45 bits per heavy atom. The van der Waals surface area contributed by atoms with Crippen LogP contribution in [0.3, 0.4) is 0 Å². The summed E-state index contributed by atoms with van der Waals surface area (Å²) in [7, 11) is 0. The number of nitrogens with one attached hydrogen (secondary N) is 2. The second-order valence-corrected chi connectivity index (χ2v) is 13.1. The van der Waals surface area contributed by atoms with Gasteiger partial charge in [-0.15, -0.1) is 0 Å². The summed E-state index contributed by atoms with van der Waals surface area (Å²) in [5.41, 5.74) is 2.94. The van der Waals surface area contributed by atoms with E-state index in [0.717, 1.165) is 24.8 Å². The third kappa shape index (κ3) is 9.66. The average molecular weight is 603 g/mol. The van der Waals surface area contributed by atoms with Gasteiger partial charge in [-0.2, -0.15) is 0 Å². The monoisotopic (exact) mass is 602 g/mol. The maximum absolute atomic E-state index is 14.7. The Hall–Kier alpha value is -3.68. The number of carbonyl (C=O) groups is 1. The van der Waals surface area contributed by atoms with Crippen LogP contribution in [0.4, 0.5) is 9.18 Å². The highest BCUT2D eigenvalue weighted by Gasteiger charge is 2.34. The molecule has 4 rings (SSSR count). The van der Waals surface area contributed by atoms with Crippen LogP contribution in [0.25, 0.3) is 0 Å². The highest BCUT2D eigenvalue weighted by atomic mass is 19.1. The van der Waals surface area contributed by atoms with Crippen LogP contribution in [0.2, 0.25) is 0 Å². The van der Waals surface area contributed by atoms with Crippen LogP contribution in [0, 0.1) is 5.82 Å². The fourth-order valence-corrected chi connectivity index (χ4v) is 5.56. The average Bonchev–Trinajstić information content (AvgIpc) is 2.98. The van der Waals surface area contributed by atoms with Crippen molar-refractivity contribution in [3.63, 3.8) is 0 Å². The molecule has 7 heteroatoms. The fraction of sp³-hybridized carbons (Fsp3) is 0.432. The van der Waals surface area contributed by atoms with E-state index in [1.54, 1.807) is 26.8 Å². The van der Waals surface area contributed by atoms with Crippen molar-refractivity contribution in [1.29, 1.82) is 0 Å². The van der Waals surface area contributed by atoms with Gasteiger partial charge >= 0.3 is 6.09 Å². The maximum Gasteiger partial charge on any atom is 0.407 e. The van der Waals surface area contributed by atoms with Crippen molar-refractivity contribution in [1.82, 2.24) is 10.6 Å². The Morgan fingerprint density at radius 1 is 1.00 bits per heavy atom. The number of alkyl carbamates (subject to hydrolysis) is 1. The molecule has 1 aliphatic rings. The molecule has 1 unspecified atom stereocenters. The van der Waals surface area contributed by atoms with Gasteiger partial charge in [0.25, 0.3) is 0 Å². The van der Waals surface area contributed by atoms with Gasteiger partial charge in [-0.25, -0.2) is 9.18 Å². The SMILES string of the molecule is CC(C)c1cccc(C2(NC[C@@H](O)[C@H](Cc3cc(F)cc(OCc4ccccc4)c3)NC(=O)OC(C)(C)C)CC=CCC2)c1. The minimum atomic E-state index is -0.990. The standard InChI is InChI=1S/C37H47FN2O4/c1-26(2)29-15-12-16-30(22-29)37(17-10-7-11-18-37)39-24-34(41)33(40-35(42)44-36(3,4)5)21-28-19-31(38)23-32(20-28)43-25-27-13-8-6-9-14-27/h6-10,12-16,19-20,22-23,26,33-34,39,41H,11,17-18,21,24-25H2,1-5H3,(H,40,42)/t33-,34+,37?/m0/s1. The molecule has 3 aromatic carbocycles. The van der Waals surface area contributed by atoms with Crippen molar-refractivity contribution in [2.75, 3.05) is 6.54 Å². The van der Waals surface area contributed by atoms with Gasteiger partial charge in [0, 0.05) is 18.2 Å². The highest BCUT2D eigenvalue weighted by Crippen LogP contribution is 2.35. The van der Waals surface area contributed by atoms with Crippen LogP contribution in [-0.2, 0) is 23.3 Å². The van der Waals surface area contributed by atoms with Crippen LogP contribution in [-0.4, -0.2) is 35.5 Å². The number of aliphatic hydroxyl groups is 1. The molecule has 3 atom stereocenters. The number of carbonyl (C=O) groups excluding carboxylic acids is 1. The van der Waals surface area contributed by atoms with E-state index >= 15 is 0 Å². The van der Waals surface area contributed by atoms with Gasteiger partial charge in [-0.05, 0) is 86.8 Å². The lowest BCUT2D eigenvalue weighted by atomic mass is 9.78. The van der Waals surface area contributed by atoms with Crippen molar-refractivity contribution in [2.24, 2.45) is 0 Å². The van der Waals surface area contributed by atoms with E-state index in [4.69, 9.17) is 9.47 Å². The highest BCUT2D eigenvalue weighted by molar-refractivity contribution is 5.68. The minimum Gasteiger partial charge on any atom is -0.489 e. The van der Waals surface area contributed by atoms with Gasteiger partial charge in [0.05, 0.1) is 12.1 Å². The van der Waals surface area contributed by atoms with Crippen LogP contribution in [0.1, 0.15) is 82.1 Å². The summed E-state index contributed by atoms with van der Waals surface area (Å²) < 4.78 is 26.1. The van der Waals surface area contributed by atoms with Gasteiger partial charge in [-0.3, -0.25) is 0 Å². The number of allylic oxidation sites excluding steroid dienone is 1. The molecule has 0 saturated carbocycles. The molecule has 44 heavy (non-hydrogen) atoms. The van der Waals surface area contributed by atoms with Crippen molar-refractivity contribution in [3.8, 4) is 5.75 Å². The number of ether oxygens (including phenoxy) is 2. The van der Waals surface area contributed by atoms with Gasteiger partial charge in [0.2, 0.25) is 0 Å². The summed E-state index contributed by atoms with van der Waals surface area (Å²) in [6.07, 6.45) is 5.52. The predicted molar refractivity (Wildman–Crippen MR) is 173 cm³/mol. The molecule has 0 fully saturated rings. The largest absolute Gasteiger partial charge is 0.489 e. The number of rotatable bonds is 12. The van der Waals surface area contributed by atoms with E-state index in [0.29, 0.717) is 23.8 Å². The van der Waals surface area contributed by atoms with E-state index in [1.807, 2.05) is 30.3 Å². The molecule has 0 radical (unpaired) electrons. The van der Waals surface area contributed by atoms with E-state index < -0.39 is 29.7 Å². The van der Waals surface area contributed by atoms with Gasteiger partial charge < -0.3 is 25.2 Å². The molecular weight excluding hydrogens is 555 g/mol. The number of hydrogen-bond donors (Lipinski definition) is 3. The predicted octanol–water partition coefficient (Wildman–Crippen LogP) is 7.55. The van der Waals surface area contributed by atoms with Crippen molar-refractivity contribution in [2.45, 2.75) is 96.1 Å². The molecule has 236 valence electrons. The van der Waals surface area contributed by atoms with Crippen LogP contribution in [0.15, 0.2) is 84.9 Å². The van der Waals surface area contributed by atoms with Crippen molar-refractivity contribution >= 4 is 6.09 Å². The third-order valence-corrected chi connectivity index (χ3v) is 7.93. The zero-order valence-corrected chi connectivity index (χ0v) is 26.6. The summed E-state index contributed by atoms with van der Waals surface area (Å²) in [4.78, 5) is 12.9. The Bertz CT molecular complexity index is 1400. The topological polar surface area (TPSA) is 79.8 Å². The van der Waals surface area contributed by atoms with Gasteiger partial charge in [-0.1, -0.05) is 80.6 Å². The second kappa shape index (κ2) is 14.9. The first kappa shape index (κ1) is 33.2. The minimum absolute atomic E-state index is 0.178. The number of halogens is 1. The smallest absolute Gasteiger partial charge is 0.407 e. The van der Waals surface area contributed by atoms with E-state index in [9.17, 15) is 14.3 Å². The Kier molecular flexibility index (Phi) is 11.2. The number of hydrogen-bond acceptors (Lipinski definition) is 5. The van der Waals surface area contributed by atoms with Crippen molar-refractivity contribution in [3.05, 3.63) is 113 Å². The zero-order chi connectivity index (χ0) is 31.7. The number of amides is 1. The van der Waals surface area contributed by atoms with Crippen LogP contribution >= 0.6 is 0 Å². The molecule has 0 saturated heterocycles. The lowest BCUT2D eigenvalue weighted by Crippen LogP contribution is -2.53. The molecule has 6 nitrogen and oxygen atoms in total. The molecule has 3 aromatic rings. The molecular formula is C37H47FN2O4. The summed E-state index contributed by atoms with van der Waals surface area (Å²) in [5.74, 6) is 0.324. The molecule has 0 bridgehead atoms. The quantitative estimate of drug-likeness (QED) is 0.187. The van der Waals surface area contributed by atoms with Crippen molar-refractivity contribution < 1.29 is 23.8 Å². The first-order valence-electron chi connectivity index (χ1n) is 15.6.